The molecule has 0 aromatic rings. The first-order valence-corrected chi connectivity index (χ1v) is 12.5. The molecule has 198 valence electrons. The van der Waals surface area contributed by atoms with Crippen molar-refractivity contribution < 1.29 is 44.9 Å². The number of rotatable bonds is 5. The highest BCUT2D eigenvalue weighted by Crippen LogP contribution is 2.63. The molecule has 3 aliphatic carbocycles. The Balaban J connectivity index is 1.63. The molecule has 4 rings (SSSR count). The third-order valence-electron chi connectivity index (χ3n) is 9.38. The average Bonchev–Trinajstić information content (AvgIpc) is 2.80. The molecule has 1 aliphatic heterocycles. The zero-order chi connectivity index (χ0) is 25.9. The second kappa shape index (κ2) is 9.29. The Labute approximate surface area is 206 Å². The Morgan fingerprint density at radius 1 is 1.14 bits per heavy atom. The van der Waals surface area contributed by atoms with Gasteiger partial charge in [-0.15, -0.1) is 6.58 Å². The standard InChI is InChI=1S/C26H40O9/c1-5-24(2)7-6-14-13(9-24)8-15(28)21-25(14,3)10-16(29)22(33)26(21,4)12-34-23-20(32)19(31)18(30)17(11-27)35-23/h5,8,14,16-23,27,29-33H,1,6-7,9-12H2,2-4H3/t14-,16+,17+,18+,19+,20-,21+,22-,23+,24-,25+,26+/m0/s1. The highest BCUT2D eigenvalue weighted by atomic mass is 16.7. The number of carbonyl (C=O) groups is 1. The van der Waals surface area contributed by atoms with Crippen molar-refractivity contribution in [1.29, 1.82) is 0 Å². The van der Waals surface area contributed by atoms with Gasteiger partial charge in [0, 0.05) is 11.3 Å². The zero-order valence-electron chi connectivity index (χ0n) is 20.7. The summed E-state index contributed by atoms with van der Waals surface area (Å²) in [5, 5.41) is 62.0. The Bertz CT molecular complexity index is 873. The quantitative estimate of drug-likeness (QED) is 0.290. The second-order valence-electron chi connectivity index (χ2n) is 11.9. The molecule has 0 aromatic heterocycles. The fourth-order valence-corrected chi connectivity index (χ4v) is 7.36. The van der Waals surface area contributed by atoms with Gasteiger partial charge in [-0.3, -0.25) is 4.79 Å². The van der Waals surface area contributed by atoms with Gasteiger partial charge >= 0.3 is 0 Å². The zero-order valence-corrected chi connectivity index (χ0v) is 20.7. The molecule has 4 aliphatic rings. The molecule has 12 atom stereocenters. The van der Waals surface area contributed by atoms with E-state index in [4.69, 9.17) is 9.47 Å². The van der Waals surface area contributed by atoms with E-state index in [0.29, 0.717) is 0 Å². The molecule has 0 unspecified atom stereocenters. The van der Waals surface area contributed by atoms with Gasteiger partial charge in [0.05, 0.1) is 25.4 Å². The monoisotopic (exact) mass is 496 g/mol. The molecule has 0 bridgehead atoms. The fraction of sp³-hybridized carbons (Fsp3) is 0.808. The molecule has 1 heterocycles. The molecule has 0 spiro atoms. The maximum Gasteiger partial charge on any atom is 0.186 e. The predicted molar refractivity (Wildman–Crippen MR) is 125 cm³/mol. The number of ether oxygens (including phenoxy) is 2. The summed E-state index contributed by atoms with van der Waals surface area (Å²) in [6, 6.07) is 0. The number of ketones is 1. The highest BCUT2D eigenvalue weighted by Gasteiger charge is 2.64. The van der Waals surface area contributed by atoms with E-state index in [0.717, 1.165) is 24.8 Å². The summed E-state index contributed by atoms with van der Waals surface area (Å²) in [4.78, 5) is 13.6. The summed E-state index contributed by atoms with van der Waals surface area (Å²) < 4.78 is 11.3. The van der Waals surface area contributed by atoms with Crippen LogP contribution >= 0.6 is 0 Å². The number of allylic oxidation sites excluding steroid dienone is 3. The van der Waals surface area contributed by atoms with E-state index in [2.05, 4.69) is 13.5 Å². The number of hydrogen-bond donors (Lipinski definition) is 6. The molecule has 0 radical (unpaired) electrons. The van der Waals surface area contributed by atoms with Crippen LogP contribution in [0.2, 0.25) is 0 Å². The Morgan fingerprint density at radius 3 is 2.46 bits per heavy atom. The van der Waals surface area contributed by atoms with Crippen LogP contribution in [0.25, 0.3) is 0 Å². The van der Waals surface area contributed by atoms with Crippen molar-refractivity contribution in [3.8, 4) is 0 Å². The summed E-state index contributed by atoms with van der Waals surface area (Å²) in [5.41, 5.74) is -0.865. The minimum atomic E-state index is -1.60. The van der Waals surface area contributed by atoms with E-state index >= 15 is 0 Å². The second-order valence-corrected chi connectivity index (χ2v) is 11.9. The van der Waals surface area contributed by atoms with Gasteiger partial charge in [-0.05, 0) is 48.5 Å². The molecule has 6 N–H and O–H groups in total. The maximum absolute atomic E-state index is 13.6. The molecular weight excluding hydrogens is 456 g/mol. The predicted octanol–water partition coefficient (Wildman–Crippen LogP) is 0.0587. The lowest BCUT2D eigenvalue weighted by Gasteiger charge is -2.61. The molecule has 35 heavy (non-hydrogen) atoms. The van der Waals surface area contributed by atoms with Gasteiger partial charge in [0.25, 0.3) is 0 Å². The van der Waals surface area contributed by atoms with Crippen molar-refractivity contribution in [2.75, 3.05) is 13.2 Å². The van der Waals surface area contributed by atoms with Gasteiger partial charge < -0.3 is 40.1 Å². The average molecular weight is 497 g/mol. The number of aliphatic hydroxyl groups excluding tert-OH is 6. The first kappa shape index (κ1) is 26.9. The normalized spacial score (nSPS) is 52.3. The molecule has 0 amide bonds. The van der Waals surface area contributed by atoms with E-state index in [-0.39, 0.29) is 30.1 Å². The van der Waals surface area contributed by atoms with Crippen molar-refractivity contribution in [3.63, 3.8) is 0 Å². The van der Waals surface area contributed by atoms with E-state index in [9.17, 15) is 35.4 Å². The van der Waals surface area contributed by atoms with Gasteiger partial charge in [-0.1, -0.05) is 32.4 Å². The largest absolute Gasteiger partial charge is 0.394 e. The number of carbonyl (C=O) groups excluding carboxylic acids is 1. The lowest BCUT2D eigenvalue weighted by molar-refractivity contribution is -0.314. The van der Waals surface area contributed by atoms with E-state index in [1.54, 1.807) is 13.0 Å². The van der Waals surface area contributed by atoms with Gasteiger partial charge in [0.2, 0.25) is 0 Å². The van der Waals surface area contributed by atoms with Gasteiger partial charge in [0.15, 0.2) is 12.1 Å². The van der Waals surface area contributed by atoms with Crippen molar-refractivity contribution in [2.45, 2.75) is 89.4 Å². The molecule has 1 saturated heterocycles. The first-order valence-electron chi connectivity index (χ1n) is 12.5. The smallest absolute Gasteiger partial charge is 0.186 e. The van der Waals surface area contributed by atoms with E-state index in [1.165, 1.54) is 0 Å². The molecule has 9 nitrogen and oxygen atoms in total. The van der Waals surface area contributed by atoms with Crippen LogP contribution in [-0.2, 0) is 14.3 Å². The van der Waals surface area contributed by atoms with Gasteiger partial charge in [0.1, 0.15) is 24.4 Å². The van der Waals surface area contributed by atoms with Crippen LogP contribution in [0.15, 0.2) is 24.3 Å². The van der Waals surface area contributed by atoms with Crippen LogP contribution < -0.4 is 0 Å². The fourth-order valence-electron chi connectivity index (χ4n) is 7.36. The summed E-state index contributed by atoms with van der Waals surface area (Å²) in [5.74, 6) is -0.718. The van der Waals surface area contributed by atoms with Crippen LogP contribution in [0.4, 0.5) is 0 Å². The van der Waals surface area contributed by atoms with Crippen LogP contribution in [0.3, 0.4) is 0 Å². The molecular formula is C26H40O9. The van der Waals surface area contributed by atoms with Crippen LogP contribution in [0, 0.1) is 28.1 Å². The molecule has 0 aromatic carbocycles. The minimum absolute atomic E-state index is 0.0620. The third-order valence-corrected chi connectivity index (χ3v) is 9.38. The third kappa shape index (κ3) is 4.24. The van der Waals surface area contributed by atoms with Crippen molar-refractivity contribution >= 4 is 5.78 Å². The maximum atomic E-state index is 13.6. The topological polar surface area (TPSA) is 157 Å². The number of aliphatic hydroxyl groups is 6. The Morgan fingerprint density at radius 2 is 1.83 bits per heavy atom. The summed E-state index contributed by atoms with van der Waals surface area (Å²) >= 11 is 0. The van der Waals surface area contributed by atoms with Crippen molar-refractivity contribution in [1.82, 2.24) is 0 Å². The van der Waals surface area contributed by atoms with E-state index in [1.807, 2.05) is 13.0 Å². The number of fused-ring (bicyclic) bond motifs is 3. The van der Waals surface area contributed by atoms with Crippen molar-refractivity contribution in [2.24, 2.45) is 28.1 Å². The lowest BCUT2D eigenvalue weighted by Crippen LogP contribution is -2.66. The molecule has 3 fully saturated rings. The summed E-state index contributed by atoms with van der Waals surface area (Å²) in [7, 11) is 0. The van der Waals surface area contributed by atoms with Gasteiger partial charge in [-0.2, -0.15) is 0 Å². The van der Waals surface area contributed by atoms with Crippen LogP contribution in [0.5, 0.6) is 0 Å². The summed E-state index contributed by atoms with van der Waals surface area (Å²) in [6.45, 7) is 8.96. The van der Waals surface area contributed by atoms with Gasteiger partial charge in [-0.25, -0.2) is 0 Å². The SMILES string of the molecule is C=C[C@@]1(C)CC[C@H]2C(=CC(=O)[C@@H]3[C@]2(C)C[C@@H](O)[C@H](O)[C@]3(C)CO[C@@H]2O[C@H](CO)[C@@H](O)[C@@H](O)[C@@H]2O)C1. The summed E-state index contributed by atoms with van der Waals surface area (Å²) in [6.07, 6.45) is -3.22. The first-order chi connectivity index (χ1) is 16.3. The highest BCUT2D eigenvalue weighted by molar-refractivity contribution is 5.95. The van der Waals surface area contributed by atoms with Crippen molar-refractivity contribution in [3.05, 3.63) is 24.3 Å². The Hall–Kier alpha value is -1.17. The minimum Gasteiger partial charge on any atom is -0.394 e. The molecule has 2 saturated carbocycles. The lowest BCUT2D eigenvalue weighted by atomic mass is 9.44. The van der Waals surface area contributed by atoms with Crippen LogP contribution in [0.1, 0.15) is 46.5 Å². The number of hydrogen-bond acceptors (Lipinski definition) is 9. The van der Waals surface area contributed by atoms with E-state index < -0.39 is 66.3 Å². The molecule has 9 heteroatoms. The van der Waals surface area contributed by atoms with Crippen LogP contribution in [-0.4, -0.2) is 92.5 Å². The Kier molecular flexibility index (Phi) is 7.14.